The van der Waals surface area contributed by atoms with Crippen LogP contribution in [0.5, 0.6) is 0 Å². The third-order valence-corrected chi connectivity index (χ3v) is 2.44. The number of rotatable bonds is 7. The topological polar surface area (TPSA) is 65.7 Å². The summed E-state index contributed by atoms with van der Waals surface area (Å²) in [6.07, 6.45) is 1.03. The predicted molar refractivity (Wildman–Crippen MR) is 70.3 cm³/mol. The maximum absolute atomic E-state index is 5.40. The number of likely N-dealkylation sites (N-methyl/N-ethyl adjacent to an activating group) is 1. The summed E-state index contributed by atoms with van der Waals surface area (Å²) >= 11 is 0. The molecule has 5 nitrogen and oxygen atoms in total. The highest BCUT2D eigenvalue weighted by molar-refractivity contribution is 5.79. The fourth-order valence-corrected chi connectivity index (χ4v) is 1.50. The molecule has 0 heterocycles. The normalized spacial score (nSPS) is 14.0. The van der Waals surface area contributed by atoms with Crippen LogP contribution in [0.4, 0.5) is 0 Å². The van der Waals surface area contributed by atoms with Gasteiger partial charge >= 0.3 is 0 Å². The van der Waals surface area contributed by atoms with Crippen molar-refractivity contribution < 1.29 is 0 Å². The van der Waals surface area contributed by atoms with Gasteiger partial charge in [0, 0.05) is 19.1 Å². The number of aliphatic imine (C=N–C) groups is 1. The van der Waals surface area contributed by atoms with Gasteiger partial charge in [0.1, 0.15) is 0 Å². The number of hydrogen-bond acceptors (Lipinski definition) is 3. The van der Waals surface area contributed by atoms with E-state index < -0.39 is 0 Å². The van der Waals surface area contributed by atoms with Crippen molar-refractivity contribution in [3.8, 4) is 0 Å². The summed E-state index contributed by atoms with van der Waals surface area (Å²) in [6.45, 7) is 12.5. The maximum Gasteiger partial charge on any atom is 0.205 e. The Kier molecular flexibility index (Phi) is 8.94. The minimum absolute atomic E-state index is 0.339. The first-order valence-corrected chi connectivity index (χ1v) is 6.17. The highest BCUT2D eigenvalue weighted by Crippen LogP contribution is 1.91. The Bertz CT molecular complexity index is 189. The van der Waals surface area contributed by atoms with E-state index in [1.165, 1.54) is 0 Å². The molecule has 16 heavy (non-hydrogen) atoms. The molecule has 1 unspecified atom stereocenters. The molecule has 0 amide bonds. The molecule has 0 aromatic heterocycles. The second-order valence-electron chi connectivity index (χ2n) is 3.91. The summed E-state index contributed by atoms with van der Waals surface area (Å²) in [4.78, 5) is 6.68. The molecule has 1 atom stereocenters. The molecule has 96 valence electrons. The first-order valence-electron chi connectivity index (χ1n) is 6.17. The van der Waals surface area contributed by atoms with Gasteiger partial charge in [0.25, 0.3) is 0 Å². The smallest absolute Gasteiger partial charge is 0.205 e. The van der Waals surface area contributed by atoms with E-state index in [2.05, 4.69) is 48.3 Å². The first kappa shape index (κ1) is 15.2. The van der Waals surface area contributed by atoms with E-state index in [0.29, 0.717) is 12.0 Å². The molecular formula is C11H27N5. The average Bonchev–Trinajstić information content (AvgIpc) is 2.31. The summed E-state index contributed by atoms with van der Waals surface area (Å²) in [5.41, 5.74) is 2.60. The third-order valence-electron chi connectivity index (χ3n) is 2.44. The lowest BCUT2D eigenvalue weighted by atomic mass is 10.3. The monoisotopic (exact) mass is 229 g/mol. The fraction of sp³-hybridized carbons (Fsp3) is 0.909. The number of hydrogen-bond donors (Lipinski definition) is 3. The molecule has 0 aromatic rings. The molecule has 0 saturated carbocycles. The summed E-state index contributed by atoms with van der Waals surface area (Å²) in [5.74, 6) is 6.08. The molecular weight excluding hydrogens is 202 g/mol. The van der Waals surface area contributed by atoms with E-state index in [1.54, 1.807) is 0 Å². The van der Waals surface area contributed by atoms with Crippen LogP contribution < -0.4 is 16.6 Å². The molecule has 0 aromatic carbocycles. The molecule has 0 bridgehead atoms. The molecule has 5 heteroatoms. The Balaban J connectivity index is 4.04. The lowest BCUT2D eigenvalue weighted by Gasteiger charge is -2.24. The highest BCUT2D eigenvalue weighted by Gasteiger charge is 2.08. The molecule has 4 N–H and O–H groups in total. The second kappa shape index (κ2) is 9.42. The standard InChI is InChI=1S/C11H27N5/c1-5-8-13-11(15-12)14-10(4)9-16(6-2)7-3/h10H,5-9,12H2,1-4H3,(H2,13,14,15). The second-order valence-corrected chi connectivity index (χ2v) is 3.91. The minimum Gasteiger partial charge on any atom is -0.352 e. The van der Waals surface area contributed by atoms with Crippen molar-refractivity contribution in [2.75, 3.05) is 26.2 Å². The van der Waals surface area contributed by atoms with Gasteiger partial charge in [-0.15, -0.1) is 0 Å². The van der Waals surface area contributed by atoms with Crippen molar-refractivity contribution >= 4 is 5.96 Å². The van der Waals surface area contributed by atoms with Crippen LogP contribution in [-0.4, -0.2) is 43.1 Å². The zero-order chi connectivity index (χ0) is 12.4. The molecule has 0 spiro atoms. The van der Waals surface area contributed by atoms with Gasteiger partial charge < -0.3 is 10.2 Å². The van der Waals surface area contributed by atoms with Crippen molar-refractivity contribution in [1.82, 2.24) is 15.6 Å². The molecule has 0 aliphatic rings. The van der Waals surface area contributed by atoms with Crippen LogP contribution in [0.2, 0.25) is 0 Å². The molecule has 0 radical (unpaired) electrons. The third kappa shape index (κ3) is 6.63. The van der Waals surface area contributed by atoms with Gasteiger partial charge in [-0.3, -0.25) is 10.4 Å². The van der Waals surface area contributed by atoms with Gasteiger partial charge in [0.15, 0.2) is 0 Å². The zero-order valence-electron chi connectivity index (χ0n) is 11.1. The van der Waals surface area contributed by atoms with E-state index in [1.807, 2.05) is 0 Å². The van der Waals surface area contributed by atoms with Gasteiger partial charge in [-0.05, 0) is 26.4 Å². The Morgan fingerprint density at radius 2 is 1.94 bits per heavy atom. The number of guanidine groups is 1. The van der Waals surface area contributed by atoms with Gasteiger partial charge in [-0.1, -0.05) is 20.8 Å². The minimum atomic E-state index is 0.339. The summed E-state index contributed by atoms with van der Waals surface area (Å²) < 4.78 is 0. The lowest BCUT2D eigenvalue weighted by Crippen LogP contribution is -2.49. The number of nitrogens with zero attached hydrogens (tertiary/aromatic N) is 2. The SMILES string of the molecule is CCCN=C(NN)NC(C)CN(CC)CC. The Morgan fingerprint density at radius 3 is 2.38 bits per heavy atom. The van der Waals surface area contributed by atoms with Crippen molar-refractivity contribution in [1.29, 1.82) is 0 Å². The van der Waals surface area contributed by atoms with Crippen molar-refractivity contribution in [3.05, 3.63) is 0 Å². The van der Waals surface area contributed by atoms with Crippen LogP contribution >= 0.6 is 0 Å². The van der Waals surface area contributed by atoms with Crippen LogP contribution in [0, 0.1) is 0 Å². The first-order chi connectivity index (χ1) is 7.67. The summed E-state index contributed by atoms with van der Waals surface area (Å²) in [5, 5.41) is 3.27. The Hall–Kier alpha value is -0.810. The van der Waals surface area contributed by atoms with E-state index in [-0.39, 0.29) is 0 Å². The average molecular weight is 229 g/mol. The van der Waals surface area contributed by atoms with Crippen LogP contribution in [0.3, 0.4) is 0 Å². The molecule has 0 fully saturated rings. The summed E-state index contributed by atoms with van der Waals surface area (Å²) in [7, 11) is 0. The van der Waals surface area contributed by atoms with Crippen LogP contribution in [-0.2, 0) is 0 Å². The molecule has 0 rings (SSSR count). The van der Waals surface area contributed by atoms with Gasteiger partial charge in [-0.25, -0.2) is 5.84 Å². The number of hydrazine groups is 1. The van der Waals surface area contributed by atoms with E-state index in [0.717, 1.165) is 32.6 Å². The number of nitrogens with two attached hydrogens (primary N) is 1. The van der Waals surface area contributed by atoms with Crippen LogP contribution in [0.1, 0.15) is 34.1 Å². The largest absolute Gasteiger partial charge is 0.352 e. The summed E-state index contributed by atoms with van der Waals surface area (Å²) in [6, 6.07) is 0.339. The predicted octanol–water partition coefficient (Wildman–Crippen LogP) is 0.536. The Labute approximate surface area is 99.5 Å². The van der Waals surface area contributed by atoms with E-state index >= 15 is 0 Å². The quantitative estimate of drug-likeness (QED) is 0.258. The van der Waals surface area contributed by atoms with Gasteiger partial charge in [0.2, 0.25) is 5.96 Å². The number of nitrogens with one attached hydrogen (secondary N) is 2. The molecule has 0 saturated heterocycles. The van der Waals surface area contributed by atoms with Crippen LogP contribution in [0.15, 0.2) is 4.99 Å². The zero-order valence-corrected chi connectivity index (χ0v) is 11.1. The van der Waals surface area contributed by atoms with Crippen molar-refractivity contribution in [2.24, 2.45) is 10.8 Å². The van der Waals surface area contributed by atoms with E-state index in [9.17, 15) is 0 Å². The maximum atomic E-state index is 5.40. The van der Waals surface area contributed by atoms with E-state index in [4.69, 9.17) is 5.84 Å². The fourth-order valence-electron chi connectivity index (χ4n) is 1.50. The van der Waals surface area contributed by atoms with Gasteiger partial charge in [0.05, 0.1) is 0 Å². The van der Waals surface area contributed by atoms with Crippen LogP contribution in [0.25, 0.3) is 0 Å². The molecule has 0 aliphatic carbocycles. The van der Waals surface area contributed by atoms with Gasteiger partial charge in [-0.2, -0.15) is 0 Å². The van der Waals surface area contributed by atoms with Crippen molar-refractivity contribution in [2.45, 2.75) is 40.2 Å². The highest BCUT2D eigenvalue weighted by atomic mass is 15.3. The lowest BCUT2D eigenvalue weighted by molar-refractivity contribution is 0.281. The van der Waals surface area contributed by atoms with Crippen molar-refractivity contribution in [3.63, 3.8) is 0 Å². The molecule has 0 aliphatic heterocycles. The Morgan fingerprint density at radius 1 is 1.31 bits per heavy atom.